The van der Waals surface area contributed by atoms with E-state index in [2.05, 4.69) is 11.8 Å². The Morgan fingerprint density at radius 1 is 1.22 bits per heavy atom. The molecule has 1 unspecified atom stereocenters. The average molecular weight is 254 g/mol. The van der Waals surface area contributed by atoms with Crippen molar-refractivity contribution in [2.45, 2.75) is 45.1 Å². The van der Waals surface area contributed by atoms with Gasteiger partial charge in [-0.05, 0) is 25.8 Å². The van der Waals surface area contributed by atoms with Crippen LogP contribution < -0.4 is 0 Å². The zero-order chi connectivity index (χ0) is 12.8. The molecular weight excluding hydrogens is 228 g/mol. The summed E-state index contributed by atoms with van der Waals surface area (Å²) in [6.07, 6.45) is 5.68. The molecule has 0 bridgehead atoms. The van der Waals surface area contributed by atoms with E-state index in [9.17, 15) is 4.79 Å². The van der Waals surface area contributed by atoms with Crippen LogP contribution in [0, 0.1) is 0 Å². The summed E-state index contributed by atoms with van der Waals surface area (Å²) in [7, 11) is 0. The van der Waals surface area contributed by atoms with Gasteiger partial charge in [-0.1, -0.05) is 19.8 Å². The highest BCUT2D eigenvalue weighted by molar-refractivity contribution is 5.81. The molecule has 0 N–H and O–H groups in total. The van der Waals surface area contributed by atoms with Crippen molar-refractivity contribution in [2.24, 2.45) is 0 Å². The van der Waals surface area contributed by atoms with Gasteiger partial charge in [0.2, 0.25) is 0 Å². The molecule has 0 radical (unpaired) electrons. The number of unbranched alkanes of at least 4 members (excludes halogenated alkanes) is 2. The Bertz CT molecular complexity index is 257. The lowest BCUT2D eigenvalue weighted by molar-refractivity contribution is -0.142. The summed E-state index contributed by atoms with van der Waals surface area (Å²) in [5, 5.41) is 0. The first-order valence-electron chi connectivity index (χ1n) is 7.44. The van der Waals surface area contributed by atoms with Gasteiger partial charge in [0.05, 0.1) is 0 Å². The third-order valence-electron chi connectivity index (χ3n) is 3.97. The molecule has 2 fully saturated rings. The molecule has 0 aromatic carbocycles. The number of piperazine rings is 1. The number of nitrogens with zero attached hydrogens (tertiary/aromatic N) is 2. The lowest BCUT2D eigenvalue weighted by Gasteiger charge is -2.35. The Balaban J connectivity index is 1.67. The molecule has 1 atom stereocenters. The van der Waals surface area contributed by atoms with Crippen LogP contribution in [-0.2, 0) is 9.53 Å². The van der Waals surface area contributed by atoms with Gasteiger partial charge in [-0.25, -0.2) is 0 Å². The molecule has 18 heavy (non-hydrogen) atoms. The average Bonchev–Trinajstić information content (AvgIpc) is 2.93. The molecule has 4 nitrogen and oxygen atoms in total. The normalized spacial score (nSPS) is 25.6. The van der Waals surface area contributed by atoms with Gasteiger partial charge in [0.15, 0.2) is 0 Å². The number of carbonyl (C=O) groups excluding carboxylic acids is 1. The number of amides is 1. The van der Waals surface area contributed by atoms with Gasteiger partial charge in [-0.2, -0.15) is 0 Å². The fraction of sp³-hybridized carbons (Fsp3) is 0.929. The molecule has 0 aromatic rings. The summed E-state index contributed by atoms with van der Waals surface area (Å²) in [4.78, 5) is 16.6. The minimum atomic E-state index is -0.142. The quantitative estimate of drug-likeness (QED) is 0.697. The standard InChI is InChI=1S/C14H26N2O2/c1-2-3-4-7-15-8-10-16(11-9-15)14(17)13-6-5-12-18-13/h13H,2-12H2,1H3. The number of ether oxygens (including phenoxy) is 1. The van der Waals surface area contributed by atoms with E-state index in [0.29, 0.717) is 0 Å². The third kappa shape index (κ3) is 3.69. The molecule has 2 aliphatic rings. The van der Waals surface area contributed by atoms with Crippen LogP contribution in [0.5, 0.6) is 0 Å². The summed E-state index contributed by atoms with van der Waals surface area (Å²) >= 11 is 0. The van der Waals surface area contributed by atoms with Crippen LogP contribution in [-0.4, -0.2) is 61.1 Å². The van der Waals surface area contributed by atoms with Gasteiger partial charge in [0.1, 0.15) is 6.10 Å². The molecule has 0 spiro atoms. The Morgan fingerprint density at radius 3 is 2.61 bits per heavy atom. The van der Waals surface area contributed by atoms with Gasteiger partial charge in [-0.15, -0.1) is 0 Å². The first-order valence-corrected chi connectivity index (χ1v) is 7.44. The van der Waals surface area contributed by atoms with E-state index in [0.717, 1.165) is 45.6 Å². The van der Waals surface area contributed by atoms with Crippen molar-refractivity contribution in [3.8, 4) is 0 Å². The van der Waals surface area contributed by atoms with Gasteiger partial charge < -0.3 is 9.64 Å². The minimum Gasteiger partial charge on any atom is -0.368 e. The summed E-state index contributed by atoms with van der Waals surface area (Å²) in [5.74, 6) is 0.223. The highest BCUT2D eigenvalue weighted by Crippen LogP contribution is 2.16. The molecule has 0 saturated carbocycles. The van der Waals surface area contributed by atoms with E-state index in [4.69, 9.17) is 4.74 Å². The fourth-order valence-corrected chi connectivity index (χ4v) is 2.75. The predicted octanol–water partition coefficient (Wildman–Crippen LogP) is 1.50. The lowest BCUT2D eigenvalue weighted by Crippen LogP contribution is -2.51. The molecule has 0 aromatic heterocycles. The molecule has 2 aliphatic heterocycles. The van der Waals surface area contributed by atoms with E-state index < -0.39 is 0 Å². The molecular formula is C14H26N2O2. The smallest absolute Gasteiger partial charge is 0.251 e. The first kappa shape index (κ1) is 13.8. The monoisotopic (exact) mass is 254 g/mol. The Morgan fingerprint density at radius 2 is 2.00 bits per heavy atom. The van der Waals surface area contributed by atoms with E-state index >= 15 is 0 Å². The maximum absolute atomic E-state index is 12.1. The molecule has 4 heteroatoms. The maximum atomic E-state index is 12.1. The second kappa shape index (κ2) is 7.10. The summed E-state index contributed by atoms with van der Waals surface area (Å²) < 4.78 is 5.47. The van der Waals surface area contributed by atoms with E-state index in [1.807, 2.05) is 4.90 Å². The number of hydrogen-bond acceptors (Lipinski definition) is 3. The Hall–Kier alpha value is -0.610. The molecule has 2 rings (SSSR count). The molecule has 1 amide bonds. The molecule has 2 saturated heterocycles. The van der Waals surface area contributed by atoms with Crippen LogP contribution in [0.4, 0.5) is 0 Å². The SMILES string of the molecule is CCCCCN1CCN(C(=O)C2CCCO2)CC1. The lowest BCUT2D eigenvalue weighted by atomic mass is 10.2. The van der Waals surface area contributed by atoms with E-state index in [1.165, 1.54) is 25.8 Å². The fourth-order valence-electron chi connectivity index (χ4n) is 2.75. The first-order chi connectivity index (χ1) is 8.81. The Kier molecular flexibility index (Phi) is 5.45. The second-order valence-electron chi connectivity index (χ2n) is 5.38. The van der Waals surface area contributed by atoms with Crippen LogP contribution in [0.3, 0.4) is 0 Å². The van der Waals surface area contributed by atoms with Crippen molar-refractivity contribution in [3.63, 3.8) is 0 Å². The molecule has 2 heterocycles. The largest absolute Gasteiger partial charge is 0.368 e. The van der Waals surface area contributed by atoms with Crippen molar-refractivity contribution in [1.29, 1.82) is 0 Å². The van der Waals surface area contributed by atoms with Crippen LogP contribution in [0.15, 0.2) is 0 Å². The van der Waals surface area contributed by atoms with Crippen molar-refractivity contribution >= 4 is 5.91 Å². The van der Waals surface area contributed by atoms with Crippen LogP contribution in [0.1, 0.15) is 39.0 Å². The number of carbonyl (C=O) groups is 1. The molecule has 104 valence electrons. The van der Waals surface area contributed by atoms with Crippen molar-refractivity contribution in [2.75, 3.05) is 39.3 Å². The van der Waals surface area contributed by atoms with Gasteiger partial charge in [0, 0.05) is 32.8 Å². The van der Waals surface area contributed by atoms with Crippen molar-refractivity contribution in [1.82, 2.24) is 9.80 Å². The molecule has 0 aliphatic carbocycles. The number of rotatable bonds is 5. The highest BCUT2D eigenvalue weighted by atomic mass is 16.5. The zero-order valence-corrected chi connectivity index (χ0v) is 11.6. The second-order valence-corrected chi connectivity index (χ2v) is 5.38. The van der Waals surface area contributed by atoms with Crippen LogP contribution in [0.25, 0.3) is 0 Å². The van der Waals surface area contributed by atoms with Gasteiger partial charge >= 0.3 is 0 Å². The van der Waals surface area contributed by atoms with E-state index in [1.54, 1.807) is 0 Å². The predicted molar refractivity (Wildman–Crippen MR) is 71.5 cm³/mol. The van der Waals surface area contributed by atoms with Crippen molar-refractivity contribution < 1.29 is 9.53 Å². The Labute approximate surface area is 110 Å². The summed E-state index contributed by atoms with van der Waals surface area (Å²) in [5.41, 5.74) is 0. The maximum Gasteiger partial charge on any atom is 0.251 e. The highest BCUT2D eigenvalue weighted by Gasteiger charge is 2.29. The van der Waals surface area contributed by atoms with Gasteiger partial charge in [0.25, 0.3) is 5.91 Å². The summed E-state index contributed by atoms with van der Waals surface area (Å²) in [6, 6.07) is 0. The van der Waals surface area contributed by atoms with Gasteiger partial charge in [-0.3, -0.25) is 9.69 Å². The third-order valence-corrected chi connectivity index (χ3v) is 3.97. The number of hydrogen-bond donors (Lipinski definition) is 0. The summed E-state index contributed by atoms with van der Waals surface area (Å²) in [6.45, 7) is 8.00. The van der Waals surface area contributed by atoms with E-state index in [-0.39, 0.29) is 12.0 Å². The minimum absolute atomic E-state index is 0.142. The topological polar surface area (TPSA) is 32.8 Å². The zero-order valence-electron chi connectivity index (χ0n) is 11.6. The van der Waals surface area contributed by atoms with Crippen LogP contribution in [0.2, 0.25) is 0 Å². The van der Waals surface area contributed by atoms with Crippen molar-refractivity contribution in [3.05, 3.63) is 0 Å². The van der Waals surface area contributed by atoms with Crippen LogP contribution >= 0.6 is 0 Å².